The topological polar surface area (TPSA) is 55.1 Å². The zero-order valence-electron chi connectivity index (χ0n) is 9.53. The molecule has 3 N–H and O–H groups in total. The monoisotopic (exact) mass is 240 g/mol. The second kappa shape index (κ2) is 5.87. The molecule has 1 aromatic rings. The number of rotatable bonds is 4. The van der Waals surface area contributed by atoms with Crippen LogP contribution in [0.2, 0.25) is 5.02 Å². The van der Waals surface area contributed by atoms with Crippen molar-refractivity contribution in [3.8, 4) is 0 Å². The first kappa shape index (κ1) is 13.0. The molecule has 0 radical (unpaired) electrons. The van der Waals surface area contributed by atoms with Gasteiger partial charge >= 0.3 is 0 Å². The summed E-state index contributed by atoms with van der Waals surface area (Å²) >= 11 is 5.81. The van der Waals surface area contributed by atoms with E-state index < -0.39 is 6.04 Å². The Balaban J connectivity index is 2.74. The third-order valence-corrected chi connectivity index (χ3v) is 2.66. The van der Waals surface area contributed by atoms with E-state index in [0.717, 1.165) is 12.0 Å². The molecule has 0 aliphatic heterocycles. The Bertz CT molecular complexity index is 349. The number of amides is 1. The van der Waals surface area contributed by atoms with Crippen molar-refractivity contribution in [3.63, 3.8) is 0 Å². The standard InChI is InChI=1S/C12H17ClN2O/c1-3-11(15-12(16)8(2)14)9-4-6-10(13)7-5-9/h4-8,11H,3,14H2,1-2H3,(H,15,16). The number of carbonyl (C=O) groups is 1. The molecule has 0 heterocycles. The van der Waals surface area contributed by atoms with E-state index >= 15 is 0 Å². The SMILES string of the molecule is CCC(NC(=O)C(C)N)c1ccc(Cl)cc1. The lowest BCUT2D eigenvalue weighted by Crippen LogP contribution is -2.40. The number of nitrogens with two attached hydrogens (primary N) is 1. The highest BCUT2D eigenvalue weighted by molar-refractivity contribution is 6.30. The summed E-state index contributed by atoms with van der Waals surface area (Å²) in [6.07, 6.45) is 0.820. The van der Waals surface area contributed by atoms with Gasteiger partial charge in [0.15, 0.2) is 0 Å². The first-order valence-electron chi connectivity index (χ1n) is 5.36. The van der Waals surface area contributed by atoms with Crippen LogP contribution in [0.4, 0.5) is 0 Å². The van der Waals surface area contributed by atoms with Gasteiger partial charge in [0.1, 0.15) is 0 Å². The highest BCUT2D eigenvalue weighted by Gasteiger charge is 2.14. The summed E-state index contributed by atoms with van der Waals surface area (Å²) in [6.45, 7) is 3.69. The molecule has 0 saturated carbocycles. The predicted molar refractivity (Wildman–Crippen MR) is 66.3 cm³/mol. The first-order chi connectivity index (χ1) is 7.54. The number of nitrogens with one attached hydrogen (secondary N) is 1. The van der Waals surface area contributed by atoms with Crippen LogP contribution in [0.15, 0.2) is 24.3 Å². The minimum Gasteiger partial charge on any atom is -0.348 e. The first-order valence-corrected chi connectivity index (χ1v) is 5.73. The third-order valence-electron chi connectivity index (χ3n) is 2.41. The second-order valence-electron chi connectivity index (χ2n) is 3.81. The molecule has 0 aliphatic rings. The van der Waals surface area contributed by atoms with Gasteiger partial charge in [-0.15, -0.1) is 0 Å². The lowest BCUT2D eigenvalue weighted by Gasteiger charge is -2.18. The fourth-order valence-electron chi connectivity index (χ4n) is 1.42. The van der Waals surface area contributed by atoms with E-state index in [4.69, 9.17) is 17.3 Å². The van der Waals surface area contributed by atoms with Crippen molar-refractivity contribution >= 4 is 17.5 Å². The molecule has 1 aromatic carbocycles. The third kappa shape index (κ3) is 3.51. The van der Waals surface area contributed by atoms with E-state index in [1.807, 2.05) is 31.2 Å². The van der Waals surface area contributed by atoms with E-state index in [-0.39, 0.29) is 11.9 Å². The van der Waals surface area contributed by atoms with Crippen molar-refractivity contribution in [3.05, 3.63) is 34.9 Å². The van der Waals surface area contributed by atoms with Crippen molar-refractivity contribution < 1.29 is 4.79 Å². The van der Waals surface area contributed by atoms with Gasteiger partial charge in [-0.1, -0.05) is 30.7 Å². The zero-order valence-corrected chi connectivity index (χ0v) is 10.3. The largest absolute Gasteiger partial charge is 0.348 e. The Morgan fingerprint density at radius 3 is 2.44 bits per heavy atom. The van der Waals surface area contributed by atoms with Crippen LogP contribution in [0, 0.1) is 0 Å². The van der Waals surface area contributed by atoms with Crippen molar-refractivity contribution in [2.75, 3.05) is 0 Å². The minimum absolute atomic E-state index is 0.00392. The summed E-state index contributed by atoms with van der Waals surface area (Å²) in [5.74, 6) is -0.137. The Hall–Kier alpha value is -1.06. The van der Waals surface area contributed by atoms with Crippen LogP contribution >= 0.6 is 11.6 Å². The maximum atomic E-state index is 11.5. The number of hydrogen-bond donors (Lipinski definition) is 2. The highest BCUT2D eigenvalue weighted by Crippen LogP contribution is 2.19. The molecule has 0 fully saturated rings. The molecule has 0 aromatic heterocycles. The van der Waals surface area contributed by atoms with Crippen LogP contribution < -0.4 is 11.1 Å². The van der Waals surface area contributed by atoms with E-state index in [9.17, 15) is 4.79 Å². The normalized spacial score (nSPS) is 14.2. The summed E-state index contributed by atoms with van der Waals surface area (Å²) in [7, 11) is 0. The molecule has 4 heteroatoms. The summed E-state index contributed by atoms with van der Waals surface area (Å²) in [5.41, 5.74) is 6.55. The van der Waals surface area contributed by atoms with Crippen LogP contribution in [0.1, 0.15) is 31.9 Å². The van der Waals surface area contributed by atoms with Crippen molar-refractivity contribution in [1.82, 2.24) is 5.32 Å². The summed E-state index contributed by atoms with van der Waals surface area (Å²) in [4.78, 5) is 11.5. The molecule has 2 unspecified atom stereocenters. The minimum atomic E-state index is -0.485. The Kier molecular flexibility index (Phi) is 4.77. The lowest BCUT2D eigenvalue weighted by atomic mass is 10.0. The fraction of sp³-hybridized carbons (Fsp3) is 0.417. The lowest BCUT2D eigenvalue weighted by molar-refractivity contribution is -0.122. The average molecular weight is 241 g/mol. The molecule has 88 valence electrons. The van der Waals surface area contributed by atoms with Crippen molar-refractivity contribution in [1.29, 1.82) is 0 Å². The Morgan fingerprint density at radius 1 is 1.44 bits per heavy atom. The number of halogens is 1. The van der Waals surface area contributed by atoms with Crippen molar-refractivity contribution in [2.24, 2.45) is 5.73 Å². The molecule has 1 amide bonds. The van der Waals surface area contributed by atoms with Gasteiger partial charge in [0.2, 0.25) is 5.91 Å². The maximum absolute atomic E-state index is 11.5. The number of hydrogen-bond acceptors (Lipinski definition) is 2. The predicted octanol–water partition coefficient (Wildman–Crippen LogP) is 2.25. The molecule has 0 spiro atoms. The van der Waals surface area contributed by atoms with Gasteiger partial charge in [-0.05, 0) is 31.0 Å². The van der Waals surface area contributed by atoms with Crippen LogP contribution in [0.5, 0.6) is 0 Å². The van der Waals surface area contributed by atoms with Gasteiger partial charge in [-0.25, -0.2) is 0 Å². The summed E-state index contributed by atoms with van der Waals surface area (Å²) in [5, 5.41) is 3.59. The second-order valence-corrected chi connectivity index (χ2v) is 4.25. The van der Waals surface area contributed by atoms with Crippen LogP contribution in [-0.2, 0) is 4.79 Å². The molecule has 2 atom stereocenters. The molecule has 1 rings (SSSR count). The molecular formula is C12H17ClN2O. The number of benzene rings is 1. The number of carbonyl (C=O) groups excluding carboxylic acids is 1. The van der Waals surface area contributed by atoms with E-state index in [0.29, 0.717) is 5.02 Å². The Morgan fingerprint density at radius 2 is 2.00 bits per heavy atom. The van der Waals surface area contributed by atoms with Gasteiger partial charge in [0.05, 0.1) is 12.1 Å². The van der Waals surface area contributed by atoms with E-state index in [1.165, 1.54) is 0 Å². The molecule has 0 aliphatic carbocycles. The summed E-state index contributed by atoms with van der Waals surface area (Å²) in [6, 6.07) is 6.97. The smallest absolute Gasteiger partial charge is 0.237 e. The van der Waals surface area contributed by atoms with Crippen LogP contribution in [0.3, 0.4) is 0 Å². The van der Waals surface area contributed by atoms with Gasteiger partial charge < -0.3 is 11.1 Å². The van der Waals surface area contributed by atoms with Crippen molar-refractivity contribution in [2.45, 2.75) is 32.4 Å². The van der Waals surface area contributed by atoms with Gasteiger partial charge in [0.25, 0.3) is 0 Å². The van der Waals surface area contributed by atoms with E-state index in [2.05, 4.69) is 5.32 Å². The van der Waals surface area contributed by atoms with Gasteiger partial charge in [0, 0.05) is 5.02 Å². The fourth-order valence-corrected chi connectivity index (χ4v) is 1.55. The average Bonchev–Trinajstić information content (AvgIpc) is 2.26. The highest BCUT2D eigenvalue weighted by atomic mass is 35.5. The van der Waals surface area contributed by atoms with Gasteiger partial charge in [-0.3, -0.25) is 4.79 Å². The molecule has 16 heavy (non-hydrogen) atoms. The van der Waals surface area contributed by atoms with Crippen LogP contribution in [0.25, 0.3) is 0 Å². The Labute approximate surface area is 101 Å². The molecule has 0 saturated heterocycles. The quantitative estimate of drug-likeness (QED) is 0.848. The molecule has 3 nitrogen and oxygen atoms in total. The van der Waals surface area contributed by atoms with Gasteiger partial charge in [-0.2, -0.15) is 0 Å². The van der Waals surface area contributed by atoms with E-state index in [1.54, 1.807) is 6.92 Å². The molecule has 0 bridgehead atoms. The maximum Gasteiger partial charge on any atom is 0.237 e. The summed E-state index contributed by atoms with van der Waals surface area (Å²) < 4.78 is 0. The zero-order chi connectivity index (χ0) is 12.1. The molecular weight excluding hydrogens is 224 g/mol. The van der Waals surface area contributed by atoms with Crippen LogP contribution in [-0.4, -0.2) is 11.9 Å².